The summed E-state index contributed by atoms with van der Waals surface area (Å²) in [5, 5.41) is 0.767. The van der Waals surface area contributed by atoms with Crippen LogP contribution in [0, 0.1) is 0 Å². The molecule has 0 spiro atoms. The molecule has 0 radical (unpaired) electrons. The van der Waals surface area contributed by atoms with Gasteiger partial charge < -0.3 is 15.2 Å². The van der Waals surface area contributed by atoms with Crippen molar-refractivity contribution in [2.45, 2.75) is 16.2 Å². The Balaban J connectivity index is 1.78. The second kappa shape index (κ2) is 6.60. The third kappa shape index (κ3) is 3.46. The lowest BCUT2D eigenvalue weighted by Gasteiger charge is -2.18. The number of nitrogens with two attached hydrogens (primary N) is 1. The second-order valence-corrected chi connectivity index (χ2v) is 6.25. The number of rotatable bonds is 4. The van der Waals surface area contributed by atoms with Gasteiger partial charge in [-0.2, -0.15) is 0 Å². The molecule has 1 heterocycles. The normalized spacial score (nSPS) is 13.2. The first-order chi connectivity index (χ1) is 10.3. The summed E-state index contributed by atoms with van der Waals surface area (Å²) in [4.78, 5) is 2.19. The van der Waals surface area contributed by atoms with E-state index in [1.54, 1.807) is 11.8 Å². The molecule has 0 amide bonds. The van der Waals surface area contributed by atoms with Crippen molar-refractivity contribution in [3.05, 3.63) is 47.0 Å². The van der Waals surface area contributed by atoms with Gasteiger partial charge in [0.15, 0.2) is 11.5 Å². The summed E-state index contributed by atoms with van der Waals surface area (Å²) in [5.74, 6) is 1.61. The van der Waals surface area contributed by atoms with Crippen LogP contribution >= 0.6 is 23.4 Å². The number of halogens is 1. The van der Waals surface area contributed by atoms with Gasteiger partial charge in [0, 0.05) is 14.8 Å². The van der Waals surface area contributed by atoms with Crippen LogP contribution in [0.3, 0.4) is 0 Å². The minimum atomic E-state index is 0.598. The lowest BCUT2D eigenvalue weighted by atomic mass is 10.1. The van der Waals surface area contributed by atoms with E-state index in [2.05, 4.69) is 6.07 Å². The zero-order valence-corrected chi connectivity index (χ0v) is 13.0. The van der Waals surface area contributed by atoms with Crippen molar-refractivity contribution in [3.8, 4) is 11.5 Å². The third-order valence-corrected chi connectivity index (χ3v) is 4.52. The van der Waals surface area contributed by atoms with Crippen molar-refractivity contribution in [3.63, 3.8) is 0 Å². The van der Waals surface area contributed by atoms with Gasteiger partial charge in [-0.05, 0) is 48.9 Å². The Morgan fingerprint density at radius 2 is 1.71 bits per heavy atom. The maximum Gasteiger partial charge on any atom is 0.162 e. The highest BCUT2D eigenvalue weighted by Gasteiger charge is 2.12. The average molecular weight is 322 g/mol. The molecule has 0 saturated carbocycles. The smallest absolute Gasteiger partial charge is 0.162 e. The number of hydrogen-bond acceptors (Lipinski definition) is 4. The van der Waals surface area contributed by atoms with E-state index in [9.17, 15) is 0 Å². The van der Waals surface area contributed by atoms with Gasteiger partial charge in [0.1, 0.15) is 13.2 Å². The minimum absolute atomic E-state index is 0.598. The largest absolute Gasteiger partial charge is 0.486 e. The third-order valence-electron chi connectivity index (χ3n) is 3.19. The second-order valence-electron chi connectivity index (χ2n) is 4.70. The molecule has 0 aromatic heterocycles. The number of ether oxygens (including phenoxy) is 2. The van der Waals surface area contributed by atoms with Crippen LogP contribution in [0.25, 0.3) is 0 Å². The first-order valence-corrected chi connectivity index (χ1v) is 8.02. The summed E-state index contributed by atoms with van der Waals surface area (Å²) in [6.45, 7) is 1.81. The molecule has 1 aliphatic heterocycles. The molecule has 0 saturated heterocycles. The fraction of sp³-hybridized carbons (Fsp3) is 0.250. The van der Waals surface area contributed by atoms with E-state index in [-0.39, 0.29) is 0 Å². The van der Waals surface area contributed by atoms with Crippen molar-refractivity contribution in [1.82, 2.24) is 0 Å². The molecule has 0 atom stereocenters. The Kier molecular flexibility index (Phi) is 4.58. The lowest BCUT2D eigenvalue weighted by Crippen LogP contribution is -2.15. The topological polar surface area (TPSA) is 44.5 Å². The number of benzene rings is 2. The molecule has 2 aromatic rings. The van der Waals surface area contributed by atoms with Crippen molar-refractivity contribution >= 4 is 23.4 Å². The zero-order chi connectivity index (χ0) is 14.7. The Hall–Kier alpha value is -1.36. The first kappa shape index (κ1) is 14.6. The van der Waals surface area contributed by atoms with E-state index < -0.39 is 0 Å². The van der Waals surface area contributed by atoms with Crippen LogP contribution in [-0.2, 0) is 6.42 Å². The van der Waals surface area contributed by atoms with E-state index in [0.717, 1.165) is 38.3 Å². The van der Waals surface area contributed by atoms with Gasteiger partial charge in [-0.25, -0.2) is 0 Å². The van der Waals surface area contributed by atoms with Crippen LogP contribution in [0.2, 0.25) is 5.02 Å². The van der Waals surface area contributed by atoms with Gasteiger partial charge in [-0.3, -0.25) is 0 Å². The van der Waals surface area contributed by atoms with Gasteiger partial charge in [0.2, 0.25) is 0 Å². The molecule has 3 nitrogen and oxygen atoms in total. The zero-order valence-electron chi connectivity index (χ0n) is 11.5. The van der Waals surface area contributed by atoms with Crippen LogP contribution < -0.4 is 15.2 Å². The van der Waals surface area contributed by atoms with Gasteiger partial charge >= 0.3 is 0 Å². The minimum Gasteiger partial charge on any atom is -0.486 e. The van der Waals surface area contributed by atoms with Gasteiger partial charge in [-0.1, -0.05) is 29.4 Å². The molecule has 0 unspecified atom stereocenters. The molecule has 1 aliphatic rings. The first-order valence-electron chi connectivity index (χ1n) is 6.82. The Bertz CT molecular complexity index is 648. The number of fused-ring (bicyclic) bond motifs is 1. The number of hydrogen-bond donors (Lipinski definition) is 1. The van der Waals surface area contributed by atoms with Crippen molar-refractivity contribution < 1.29 is 9.47 Å². The van der Waals surface area contributed by atoms with Crippen LogP contribution in [0.15, 0.2) is 46.2 Å². The molecule has 0 aliphatic carbocycles. The summed E-state index contributed by atoms with van der Waals surface area (Å²) in [5.41, 5.74) is 6.65. The van der Waals surface area contributed by atoms with E-state index in [1.807, 2.05) is 30.3 Å². The summed E-state index contributed by atoms with van der Waals surface area (Å²) >= 11 is 7.93. The molecule has 110 valence electrons. The van der Waals surface area contributed by atoms with E-state index in [4.69, 9.17) is 26.8 Å². The molecule has 5 heteroatoms. The molecule has 0 bridgehead atoms. The van der Waals surface area contributed by atoms with Gasteiger partial charge in [-0.15, -0.1) is 0 Å². The van der Waals surface area contributed by atoms with E-state index in [0.29, 0.717) is 19.8 Å². The maximum atomic E-state index is 6.28. The van der Waals surface area contributed by atoms with E-state index in [1.165, 1.54) is 0 Å². The quantitative estimate of drug-likeness (QED) is 0.931. The molecule has 2 aromatic carbocycles. The SMILES string of the molecule is NCCc1ccc(Sc2ccc3c(c2)OCCO3)cc1Cl. The molecular weight excluding hydrogens is 306 g/mol. The van der Waals surface area contributed by atoms with Crippen LogP contribution in [0.1, 0.15) is 5.56 Å². The summed E-state index contributed by atoms with van der Waals surface area (Å²) in [6, 6.07) is 12.1. The van der Waals surface area contributed by atoms with Gasteiger partial charge in [0.25, 0.3) is 0 Å². The fourth-order valence-electron chi connectivity index (χ4n) is 2.17. The average Bonchev–Trinajstić information content (AvgIpc) is 2.50. The Labute approximate surface area is 133 Å². The molecule has 21 heavy (non-hydrogen) atoms. The maximum absolute atomic E-state index is 6.28. The standard InChI is InChI=1S/C16H16ClNO2S/c17-14-9-12(2-1-11(14)5-6-18)21-13-3-4-15-16(10-13)20-8-7-19-15/h1-4,9-10H,5-8,18H2. The van der Waals surface area contributed by atoms with Crippen LogP contribution in [0.5, 0.6) is 11.5 Å². The van der Waals surface area contributed by atoms with Crippen molar-refractivity contribution in [2.24, 2.45) is 5.73 Å². The molecular formula is C16H16ClNO2S. The molecule has 2 N–H and O–H groups in total. The summed E-state index contributed by atoms with van der Waals surface area (Å²) < 4.78 is 11.1. The lowest BCUT2D eigenvalue weighted by molar-refractivity contribution is 0.171. The highest BCUT2D eigenvalue weighted by Crippen LogP contribution is 2.37. The van der Waals surface area contributed by atoms with Crippen LogP contribution in [0.4, 0.5) is 0 Å². The molecule has 0 fully saturated rings. The van der Waals surface area contributed by atoms with Gasteiger partial charge in [0.05, 0.1) is 0 Å². The highest BCUT2D eigenvalue weighted by atomic mass is 35.5. The Morgan fingerprint density at radius 1 is 1.00 bits per heavy atom. The summed E-state index contributed by atoms with van der Waals surface area (Å²) in [7, 11) is 0. The van der Waals surface area contributed by atoms with Crippen molar-refractivity contribution in [2.75, 3.05) is 19.8 Å². The predicted molar refractivity (Wildman–Crippen MR) is 85.8 cm³/mol. The molecule has 3 rings (SSSR count). The van der Waals surface area contributed by atoms with Crippen molar-refractivity contribution in [1.29, 1.82) is 0 Å². The summed E-state index contributed by atoms with van der Waals surface area (Å²) in [6.07, 6.45) is 0.799. The van der Waals surface area contributed by atoms with Crippen LogP contribution in [-0.4, -0.2) is 19.8 Å². The highest BCUT2D eigenvalue weighted by molar-refractivity contribution is 7.99. The van der Waals surface area contributed by atoms with E-state index >= 15 is 0 Å². The predicted octanol–water partition coefficient (Wildman–Crippen LogP) is 3.76. The monoisotopic (exact) mass is 321 g/mol. The fourth-order valence-corrected chi connectivity index (χ4v) is 3.40. The Morgan fingerprint density at radius 3 is 2.48 bits per heavy atom.